The molecule has 1 aromatic rings. The normalized spacial score (nSPS) is 17.2. The van der Waals surface area contributed by atoms with E-state index in [0.717, 1.165) is 18.6 Å². The first-order chi connectivity index (χ1) is 9.15. The van der Waals surface area contributed by atoms with Gasteiger partial charge in [0.1, 0.15) is 5.75 Å². The van der Waals surface area contributed by atoms with Crippen LogP contribution in [0.4, 0.5) is 0 Å². The number of nitrogens with one attached hydrogen (secondary N) is 1. The van der Waals surface area contributed by atoms with Gasteiger partial charge in [-0.2, -0.15) is 0 Å². The Bertz CT molecular complexity index is 408. The van der Waals surface area contributed by atoms with Crippen molar-refractivity contribution in [2.45, 2.75) is 44.8 Å². The molecule has 0 aromatic heterocycles. The van der Waals surface area contributed by atoms with E-state index in [-0.39, 0.29) is 12.5 Å². The van der Waals surface area contributed by atoms with Gasteiger partial charge in [0.05, 0.1) is 12.2 Å². The summed E-state index contributed by atoms with van der Waals surface area (Å²) >= 11 is 0. The fraction of sp³-hybridized carbons (Fsp3) is 0.533. The van der Waals surface area contributed by atoms with Crippen LogP contribution in [0, 0.1) is 0 Å². The first-order valence-electron chi connectivity index (χ1n) is 6.88. The van der Waals surface area contributed by atoms with Crippen molar-refractivity contribution in [1.29, 1.82) is 0 Å². The highest BCUT2D eigenvalue weighted by atomic mass is 16.5. The second-order valence-corrected chi connectivity index (χ2v) is 5.11. The van der Waals surface area contributed by atoms with Crippen molar-refractivity contribution in [3.8, 4) is 5.75 Å². The predicted molar refractivity (Wildman–Crippen MR) is 73.3 cm³/mol. The lowest BCUT2D eigenvalue weighted by molar-refractivity contribution is 0.0924. The molecule has 0 saturated heterocycles. The summed E-state index contributed by atoms with van der Waals surface area (Å²) in [5.74, 6) is 0.646. The van der Waals surface area contributed by atoms with Gasteiger partial charge in [0.15, 0.2) is 0 Å². The van der Waals surface area contributed by atoms with Crippen molar-refractivity contribution >= 4 is 5.91 Å². The Morgan fingerprint density at radius 1 is 1.37 bits per heavy atom. The van der Waals surface area contributed by atoms with Gasteiger partial charge in [0, 0.05) is 12.1 Å². The zero-order valence-electron chi connectivity index (χ0n) is 11.3. The molecular formula is C15H21NO3. The number of carbonyl (C=O) groups excluding carboxylic acids is 1. The second kappa shape index (κ2) is 6.57. The minimum absolute atomic E-state index is 0.173. The molecule has 4 heteroatoms. The number of aliphatic hydroxyl groups excluding tert-OH is 1. The van der Waals surface area contributed by atoms with Gasteiger partial charge in [-0.25, -0.2) is 0 Å². The molecule has 2 rings (SSSR count). The second-order valence-electron chi connectivity index (χ2n) is 5.11. The van der Waals surface area contributed by atoms with E-state index < -0.39 is 6.10 Å². The first-order valence-corrected chi connectivity index (χ1v) is 6.88. The van der Waals surface area contributed by atoms with Crippen LogP contribution in [-0.2, 0) is 0 Å². The average Bonchev–Trinajstić information content (AvgIpc) is 2.89. The summed E-state index contributed by atoms with van der Waals surface area (Å²) in [4.78, 5) is 11.7. The summed E-state index contributed by atoms with van der Waals surface area (Å²) < 4.78 is 5.84. The van der Waals surface area contributed by atoms with Gasteiger partial charge in [-0.1, -0.05) is 0 Å². The summed E-state index contributed by atoms with van der Waals surface area (Å²) in [6.07, 6.45) is 4.52. The lowest BCUT2D eigenvalue weighted by atomic mass is 10.2. The first kappa shape index (κ1) is 13.9. The molecule has 0 heterocycles. The SMILES string of the molecule is CC(O)CNC(=O)c1ccc(OC2CCCC2)cc1. The Balaban J connectivity index is 1.88. The van der Waals surface area contributed by atoms with E-state index in [1.54, 1.807) is 19.1 Å². The molecule has 1 atom stereocenters. The average molecular weight is 263 g/mol. The zero-order chi connectivity index (χ0) is 13.7. The fourth-order valence-corrected chi connectivity index (χ4v) is 2.23. The Morgan fingerprint density at radius 3 is 2.58 bits per heavy atom. The van der Waals surface area contributed by atoms with E-state index in [2.05, 4.69) is 5.32 Å². The number of ether oxygens (including phenoxy) is 1. The third-order valence-corrected chi connectivity index (χ3v) is 3.28. The van der Waals surface area contributed by atoms with Crippen LogP contribution in [0.3, 0.4) is 0 Å². The van der Waals surface area contributed by atoms with E-state index in [0.29, 0.717) is 11.7 Å². The summed E-state index contributed by atoms with van der Waals surface area (Å²) in [5, 5.41) is 11.8. The lowest BCUT2D eigenvalue weighted by Gasteiger charge is -2.13. The van der Waals surface area contributed by atoms with Crippen molar-refractivity contribution in [3.63, 3.8) is 0 Å². The van der Waals surface area contributed by atoms with E-state index in [9.17, 15) is 4.79 Å². The molecule has 1 amide bonds. The van der Waals surface area contributed by atoms with Crippen LogP contribution >= 0.6 is 0 Å². The quantitative estimate of drug-likeness (QED) is 0.855. The molecule has 1 aromatic carbocycles. The molecule has 1 saturated carbocycles. The number of hydrogen-bond acceptors (Lipinski definition) is 3. The third kappa shape index (κ3) is 4.24. The molecule has 0 radical (unpaired) electrons. The van der Waals surface area contributed by atoms with Gasteiger partial charge in [-0.05, 0) is 56.9 Å². The number of amides is 1. The van der Waals surface area contributed by atoms with Crippen LogP contribution in [0.15, 0.2) is 24.3 Å². The van der Waals surface area contributed by atoms with Crippen LogP contribution in [0.2, 0.25) is 0 Å². The molecule has 4 nitrogen and oxygen atoms in total. The molecule has 0 bridgehead atoms. The lowest BCUT2D eigenvalue weighted by Crippen LogP contribution is -2.30. The van der Waals surface area contributed by atoms with Gasteiger partial charge in [0.2, 0.25) is 0 Å². The van der Waals surface area contributed by atoms with Gasteiger partial charge >= 0.3 is 0 Å². The largest absolute Gasteiger partial charge is 0.490 e. The number of carbonyl (C=O) groups is 1. The van der Waals surface area contributed by atoms with Crippen LogP contribution in [0.5, 0.6) is 5.75 Å². The number of aliphatic hydroxyl groups is 1. The minimum atomic E-state index is -0.533. The van der Waals surface area contributed by atoms with Crippen LogP contribution in [0.25, 0.3) is 0 Å². The monoisotopic (exact) mass is 263 g/mol. The van der Waals surface area contributed by atoms with E-state index in [4.69, 9.17) is 9.84 Å². The van der Waals surface area contributed by atoms with E-state index in [1.165, 1.54) is 12.8 Å². The Hall–Kier alpha value is -1.55. The molecule has 1 aliphatic carbocycles. The maximum Gasteiger partial charge on any atom is 0.251 e. The molecule has 2 N–H and O–H groups in total. The highest BCUT2D eigenvalue weighted by Gasteiger charge is 2.16. The predicted octanol–water partition coefficient (Wildman–Crippen LogP) is 2.12. The maximum absolute atomic E-state index is 11.7. The van der Waals surface area contributed by atoms with Gasteiger partial charge in [0.25, 0.3) is 5.91 Å². The smallest absolute Gasteiger partial charge is 0.251 e. The van der Waals surface area contributed by atoms with Crippen molar-refractivity contribution in [2.75, 3.05) is 6.54 Å². The van der Waals surface area contributed by atoms with Crippen LogP contribution in [-0.4, -0.2) is 29.8 Å². The van der Waals surface area contributed by atoms with E-state index in [1.807, 2.05) is 12.1 Å². The van der Waals surface area contributed by atoms with Crippen LogP contribution in [0.1, 0.15) is 43.0 Å². The minimum Gasteiger partial charge on any atom is -0.490 e. The molecule has 0 aliphatic heterocycles. The fourth-order valence-electron chi connectivity index (χ4n) is 2.23. The van der Waals surface area contributed by atoms with Crippen LogP contribution < -0.4 is 10.1 Å². The van der Waals surface area contributed by atoms with Crippen molar-refractivity contribution < 1.29 is 14.6 Å². The molecule has 19 heavy (non-hydrogen) atoms. The van der Waals surface area contributed by atoms with Gasteiger partial charge in [-0.15, -0.1) is 0 Å². The van der Waals surface area contributed by atoms with Crippen molar-refractivity contribution in [1.82, 2.24) is 5.32 Å². The molecule has 1 fully saturated rings. The van der Waals surface area contributed by atoms with E-state index >= 15 is 0 Å². The highest BCUT2D eigenvalue weighted by Crippen LogP contribution is 2.24. The Kier molecular flexibility index (Phi) is 4.80. The number of hydrogen-bond donors (Lipinski definition) is 2. The van der Waals surface area contributed by atoms with Gasteiger partial charge in [-0.3, -0.25) is 4.79 Å². The molecule has 1 unspecified atom stereocenters. The van der Waals surface area contributed by atoms with Crippen molar-refractivity contribution in [3.05, 3.63) is 29.8 Å². The topological polar surface area (TPSA) is 58.6 Å². The summed E-state index contributed by atoms with van der Waals surface area (Å²) in [7, 11) is 0. The molecule has 0 spiro atoms. The zero-order valence-corrected chi connectivity index (χ0v) is 11.3. The summed E-state index contributed by atoms with van der Waals surface area (Å²) in [5.41, 5.74) is 0.583. The molecular weight excluding hydrogens is 242 g/mol. The summed E-state index contributed by atoms with van der Waals surface area (Å²) in [6.45, 7) is 1.90. The molecule has 104 valence electrons. The maximum atomic E-state index is 11.7. The standard InChI is InChI=1S/C15H21NO3/c1-11(17)10-16-15(18)12-6-8-14(9-7-12)19-13-4-2-3-5-13/h6-9,11,13,17H,2-5,10H2,1H3,(H,16,18). The summed E-state index contributed by atoms with van der Waals surface area (Å²) in [6, 6.07) is 7.16. The third-order valence-electron chi connectivity index (χ3n) is 3.28. The van der Waals surface area contributed by atoms with Gasteiger partial charge < -0.3 is 15.2 Å². The Morgan fingerprint density at radius 2 is 2.00 bits per heavy atom. The Labute approximate surface area is 113 Å². The highest BCUT2D eigenvalue weighted by molar-refractivity contribution is 5.94. The number of benzene rings is 1. The van der Waals surface area contributed by atoms with Crippen molar-refractivity contribution in [2.24, 2.45) is 0 Å². The number of rotatable bonds is 5. The molecule has 1 aliphatic rings.